The molecule has 1 aliphatic rings. The van der Waals surface area contributed by atoms with E-state index in [1.165, 1.54) is 9.71 Å². The van der Waals surface area contributed by atoms with Crippen molar-refractivity contribution < 1.29 is 8.42 Å². The van der Waals surface area contributed by atoms with Gasteiger partial charge in [0, 0.05) is 37.8 Å². The molecule has 0 spiro atoms. The summed E-state index contributed by atoms with van der Waals surface area (Å²) in [5.41, 5.74) is 3.09. The highest BCUT2D eigenvalue weighted by Gasteiger charge is 2.25. The van der Waals surface area contributed by atoms with Crippen molar-refractivity contribution in [3.05, 3.63) is 76.8 Å². The van der Waals surface area contributed by atoms with Crippen LogP contribution in [0.1, 0.15) is 16.7 Å². The number of anilines is 3. The van der Waals surface area contributed by atoms with Gasteiger partial charge in [-0.15, -0.1) is 10.2 Å². The maximum atomic E-state index is 12.7. The van der Waals surface area contributed by atoms with Crippen molar-refractivity contribution in [2.24, 2.45) is 0 Å². The highest BCUT2D eigenvalue weighted by molar-refractivity contribution is 7.92. The third-order valence-electron chi connectivity index (χ3n) is 5.25. The normalized spacial score (nSPS) is 15.2. The van der Waals surface area contributed by atoms with Crippen LogP contribution < -0.4 is 10.2 Å². The van der Waals surface area contributed by atoms with E-state index in [2.05, 4.69) is 20.5 Å². The fourth-order valence-electron chi connectivity index (χ4n) is 3.33. The molecule has 1 N–H and O–H groups in total. The number of nitrogens with zero attached hydrogens (tertiary/aromatic N) is 5. The molecule has 1 fully saturated rings. The van der Waals surface area contributed by atoms with Crippen molar-refractivity contribution in [3.63, 3.8) is 0 Å². The Morgan fingerprint density at radius 2 is 1.53 bits per heavy atom. The van der Waals surface area contributed by atoms with Gasteiger partial charge in [0.2, 0.25) is 10.0 Å². The lowest BCUT2D eigenvalue weighted by Crippen LogP contribution is -2.48. The summed E-state index contributed by atoms with van der Waals surface area (Å²) in [4.78, 5) is 6.34. The zero-order valence-electron chi connectivity index (χ0n) is 18.1. The predicted octanol–water partition coefficient (Wildman–Crippen LogP) is 3.35. The number of rotatable bonds is 6. The fraction of sp³-hybridized carbons (Fsp3) is 0.261. The van der Waals surface area contributed by atoms with Crippen LogP contribution >= 0.6 is 0 Å². The molecular weight excluding hydrogens is 424 g/mol. The molecule has 3 heterocycles. The average Bonchev–Trinajstić information content (AvgIpc) is 2.81. The standard InChI is InChI=1S/C23H26N6O2S/c1-18-3-6-20(7-4-18)11-16-32(30,31)29-14-12-28(13-15-29)23-10-9-22(26-27-23)25-21-8-5-19(2)17-24-21/h3-11,16-17H,12-15H2,1-2H3,(H,24,25,26)/b16-11+. The largest absolute Gasteiger partial charge is 0.352 e. The molecule has 3 aromatic rings. The Kier molecular flexibility index (Phi) is 6.48. The van der Waals surface area contributed by atoms with E-state index < -0.39 is 10.0 Å². The molecule has 166 valence electrons. The van der Waals surface area contributed by atoms with Crippen LogP contribution in [-0.4, -0.2) is 54.1 Å². The van der Waals surface area contributed by atoms with Crippen LogP contribution in [-0.2, 0) is 10.0 Å². The van der Waals surface area contributed by atoms with Gasteiger partial charge in [-0.3, -0.25) is 0 Å². The molecule has 2 aromatic heterocycles. The third-order valence-corrected chi connectivity index (χ3v) is 6.82. The fourth-order valence-corrected chi connectivity index (χ4v) is 4.51. The van der Waals surface area contributed by atoms with Crippen molar-refractivity contribution in [3.8, 4) is 0 Å². The van der Waals surface area contributed by atoms with E-state index in [1.807, 2.05) is 67.3 Å². The first-order chi connectivity index (χ1) is 15.4. The summed E-state index contributed by atoms with van der Waals surface area (Å²) in [7, 11) is -3.47. The van der Waals surface area contributed by atoms with Gasteiger partial charge in [0.25, 0.3) is 0 Å². The first kappa shape index (κ1) is 21.9. The number of pyridine rings is 1. The summed E-state index contributed by atoms with van der Waals surface area (Å²) >= 11 is 0. The van der Waals surface area contributed by atoms with E-state index >= 15 is 0 Å². The molecular formula is C23H26N6O2S. The van der Waals surface area contributed by atoms with Gasteiger partial charge < -0.3 is 10.2 Å². The second-order valence-electron chi connectivity index (χ2n) is 7.77. The van der Waals surface area contributed by atoms with Gasteiger partial charge in [0.1, 0.15) is 5.82 Å². The number of aromatic nitrogens is 3. The molecule has 0 unspecified atom stereocenters. The number of sulfonamides is 1. The van der Waals surface area contributed by atoms with E-state index in [4.69, 9.17) is 0 Å². The minimum atomic E-state index is -3.47. The molecule has 0 aliphatic carbocycles. The Bertz CT molecular complexity index is 1170. The summed E-state index contributed by atoms with van der Waals surface area (Å²) in [6.07, 6.45) is 3.43. The van der Waals surface area contributed by atoms with Crippen LogP contribution in [0.25, 0.3) is 6.08 Å². The molecule has 0 saturated carbocycles. The lowest BCUT2D eigenvalue weighted by Gasteiger charge is -2.33. The Morgan fingerprint density at radius 3 is 2.16 bits per heavy atom. The summed E-state index contributed by atoms with van der Waals surface area (Å²) in [6.45, 7) is 5.89. The van der Waals surface area contributed by atoms with E-state index in [1.54, 1.807) is 12.3 Å². The Morgan fingerprint density at radius 1 is 0.844 bits per heavy atom. The molecule has 0 atom stereocenters. The smallest absolute Gasteiger partial charge is 0.236 e. The first-order valence-electron chi connectivity index (χ1n) is 10.4. The molecule has 8 nitrogen and oxygen atoms in total. The van der Waals surface area contributed by atoms with Gasteiger partial charge in [-0.1, -0.05) is 35.9 Å². The van der Waals surface area contributed by atoms with E-state index in [-0.39, 0.29) is 0 Å². The second kappa shape index (κ2) is 9.46. The summed E-state index contributed by atoms with van der Waals surface area (Å²) in [6, 6.07) is 15.3. The summed E-state index contributed by atoms with van der Waals surface area (Å²) in [5.74, 6) is 2.03. The number of aryl methyl sites for hydroxylation is 2. The molecule has 32 heavy (non-hydrogen) atoms. The SMILES string of the molecule is Cc1ccc(/C=C/S(=O)(=O)N2CCN(c3ccc(Nc4ccc(C)cn4)nn3)CC2)cc1. The Balaban J connectivity index is 1.33. The van der Waals surface area contributed by atoms with Crippen LogP contribution in [0.5, 0.6) is 0 Å². The van der Waals surface area contributed by atoms with Gasteiger partial charge in [0.15, 0.2) is 11.6 Å². The molecule has 0 radical (unpaired) electrons. The molecule has 0 bridgehead atoms. The lowest BCUT2D eigenvalue weighted by molar-refractivity contribution is 0.388. The van der Waals surface area contributed by atoms with Crippen molar-refractivity contribution in [2.45, 2.75) is 13.8 Å². The average molecular weight is 451 g/mol. The minimum absolute atomic E-state index is 0.398. The highest BCUT2D eigenvalue weighted by atomic mass is 32.2. The topological polar surface area (TPSA) is 91.3 Å². The van der Waals surface area contributed by atoms with Crippen molar-refractivity contribution in [1.82, 2.24) is 19.5 Å². The Hall–Kier alpha value is -3.30. The monoisotopic (exact) mass is 450 g/mol. The third kappa shape index (κ3) is 5.49. The number of nitrogens with one attached hydrogen (secondary N) is 1. The van der Waals surface area contributed by atoms with Crippen molar-refractivity contribution in [2.75, 3.05) is 36.4 Å². The number of piperazine rings is 1. The predicted molar refractivity (Wildman–Crippen MR) is 127 cm³/mol. The first-order valence-corrected chi connectivity index (χ1v) is 11.9. The lowest BCUT2D eigenvalue weighted by atomic mass is 10.2. The van der Waals surface area contributed by atoms with E-state index in [0.29, 0.717) is 37.8 Å². The summed E-state index contributed by atoms with van der Waals surface area (Å²) < 4.78 is 26.9. The molecule has 4 rings (SSSR count). The van der Waals surface area contributed by atoms with Gasteiger partial charge in [-0.25, -0.2) is 13.4 Å². The zero-order chi connectivity index (χ0) is 22.6. The molecule has 9 heteroatoms. The van der Waals surface area contributed by atoms with Crippen LogP contribution in [0.15, 0.2) is 60.1 Å². The Labute approximate surface area is 188 Å². The molecule has 0 amide bonds. The van der Waals surface area contributed by atoms with E-state index in [0.717, 1.165) is 22.5 Å². The minimum Gasteiger partial charge on any atom is -0.352 e. The maximum absolute atomic E-state index is 12.7. The quantitative estimate of drug-likeness (QED) is 0.616. The van der Waals surface area contributed by atoms with Gasteiger partial charge in [0.05, 0.1) is 0 Å². The van der Waals surface area contributed by atoms with Crippen LogP contribution in [0.4, 0.5) is 17.5 Å². The van der Waals surface area contributed by atoms with E-state index in [9.17, 15) is 8.42 Å². The van der Waals surface area contributed by atoms with Gasteiger partial charge >= 0.3 is 0 Å². The highest BCUT2D eigenvalue weighted by Crippen LogP contribution is 2.18. The summed E-state index contributed by atoms with van der Waals surface area (Å²) in [5, 5.41) is 12.9. The number of hydrogen-bond acceptors (Lipinski definition) is 7. The molecule has 1 saturated heterocycles. The number of hydrogen-bond donors (Lipinski definition) is 1. The van der Waals surface area contributed by atoms with Crippen LogP contribution in [0, 0.1) is 13.8 Å². The molecule has 1 aromatic carbocycles. The van der Waals surface area contributed by atoms with Gasteiger partial charge in [-0.2, -0.15) is 4.31 Å². The maximum Gasteiger partial charge on any atom is 0.236 e. The zero-order valence-corrected chi connectivity index (χ0v) is 19.0. The second-order valence-corrected chi connectivity index (χ2v) is 9.59. The molecule has 1 aliphatic heterocycles. The van der Waals surface area contributed by atoms with Crippen LogP contribution in [0.3, 0.4) is 0 Å². The van der Waals surface area contributed by atoms with Crippen LogP contribution in [0.2, 0.25) is 0 Å². The number of benzene rings is 1. The van der Waals surface area contributed by atoms with Crippen molar-refractivity contribution >= 4 is 33.6 Å². The van der Waals surface area contributed by atoms with Crippen molar-refractivity contribution in [1.29, 1.82) is 0 Å². The van der Waals surface area contributed by atoms with Gasteiger partial charge in [-0.05, 0) is 49.2 Å².